The van der Waals surface area contributed by atoms with Gasteiger partial charge < -0.3 is 9.30 Å². The standard InChI is InChI=1S/C18H19ClN4O4/c1-21-16-15(17(25)22(2)18(21)26)23(11-20-16)9-3-4-14(24)27-10-12-5-7-13(19)8-6-12/h5-8,11H,3-4,9-10H2,1-2H3. The van der Waals surface area contributed by atoms with Crippen molar-refractivity contribution in [3.05, 3.63) is 62.0 Å². The summed E-state index contributed by atoms with van der Waals surface area (Å²) in [6, 6.07) is 7.08. The summed E-state index contributed by atoms with van der Waals surface area (Å²) in [6.45, 7) is 0.604. The smallest absolute Gasteiger partial charge is 0.332 e. The summed E-state index contributed by atoms with van der Waals surface area (Å²) in [5.41, 5.74) is 0.694. The van der Waals surface area contributed by atoms with E-state index in [0.717, 1.165) is 10.1 Å². The van der Waals surface area contributed by atoms with Crippen molar-refractivity contribution >= 4 is 28.7 Å². The van der Waals surface area contributed by atoms with Gasteiger partial charge in [0.2, 0.25) is 0 Å². The molecular formula is C18H19ClN4O4. The molecule has 0 fully saturated rings. The molecule has 0 bridgehead atoms. The predicted molar refractivity (Wildman–Crippen MR) is 101 cm³/mol. The minimum Gasteiger partial charge on any atom is -0.461 e. The number of fused-ring (bicyclic) bond motifs is 1. The van der Waals surface area contributed by atoms with Gasteiger partial charge in [0.1, 0.15) is 6.61 Å². The molecular weight excluding hydrogens is 372 g/mol. The number of aryl methyl sites for hydroxylation is 2. The molecule has 2 aromatic heterocycles. The van der Waals surface area contributed by atoms with Crippen molar-refractivity contribution in [3.8, 4) is 0 Å². The molecule has 0 atom stereocenters. The normalized spacial score (nSPS) is 11.1. The molecule has 8 nitrogen and oxygen atoms in total. The quantitative estimate of drug-likeness (QED) is 0.597. The van der Waals surface area contributed by atoms with Gasteiger partial charge in [0.15, 0.2) is 11.2 Å². The molecule has 3 aromatic rings. The van der Waals surface area contributed by atoms with E-state index in [1.807, 2.05) is 0 Å². The Labute approximate surface area is 159 Å². The third kappa shape index (κ3) is 3.95. The monoisotopic (exact) mass is 390 g/mol. The Balaban J connectivity index is 1.60. The van der Waals surface area contributed by atoms with Crippen LogP contribution in [0.3, 0.4) is 0 Å². The molecule has 0 N–H and O–H groups in total. The van der Waals surface area contributed by atoms with Crippen LogP contribution in [-0.4, -0.2) is 24.7 Å². The minimum absolute atomic E-state index is 0.187. The van der Waals surface area contributed by atoms with Crippen LogP contribution in [0.4, 0.5) is 0 Å². The highest BCUT2D eigenvalue weighted by atomic mass is 35.5. The second-order valence-corrected chi connectivity index (χ2v) is 6.64. The van der Waals surface area contributed by atoms with Crippen molar-refractivity contribution in [1.29, 1.82) is 0 Å². The summed E-state index contributed by atoms with van der Waals surface area (Å²) in [5.74, 6) is -0.324. The van der Waals surface area contributed by atoms with E-state index in [1.54, 1.807) is 35.9 Å². The lowest BCUT2D eigenvalue weighted by Gasteiger charge is -2.07. The third-order valence-electron chi connectivity index (χ3n) is 4.31. The average Bonchev–Trinajstić information content (AvgIpc) is 3.08. The van der Waals surface area contributed by atoms with Crippen molar-refractivity contribution in [2.45, 2.75) is 26.0 Å². The molecule has 0 aliphatic carbocycles. The first-order valence-electron chi connectivity index (χ1n) is 8.39. The van der Waals surface area contributed by atoms with Gasteiger partial charge in [-0.25, -0.2) is 9.78 Å². The first-order chi connectivity index (χ1) is 12.9. The van der Waals surface area contributed by atoms with Crippen molar-refractivity contribution in [2.24, 2.45) is 14.1 Å². The largest absolute Gasteiger partial charge is 0.461 e. The molecule has 0 aliphatic rings. The van der Waals surface area contributed by atoms with E-state index in [4.69, 9.17) is 16.3 Å². The van der Waals surface area contributed by atoms with Crippen LogP contribution in [0.5, 0.6) is 0 Å². The van der Waals surface area contributed by atoms with Crippen molar-refractivity contribution in [3.63, 3.8) is 0 Å². The molecule has 0 aliphatic heterocycles. The zero-order valence-electron chi connectivity index (χ0n) is 15.0. The Kier molecular flexibility index (Phi) is 5.46. The summed E-state index contributed by atoms with van der Waals surface area (Å²) in [7, 11) is 2.99. The van der Waals surface area contributed by atoms with E-state index >= 15 is 0 Å². The van der Waals surface area contributed by atoms with E-state index in [2.05, 4.69) is 4.98 Å². The number of benzene rings is 1. The molecule has 27 heavy (non-hydrogen) atoms. The number of halogens is 1. The van der Waals surface area contributed by atoms with Crippen LogP contribution >= 0.6 is 11.6 Å². The van der Waals surface area contributed by atoms with Crippen LogP contribution in [0.15, 0.2) is 40.2 Å². The fraction of sp³-hybridized carbons (Fsp3) is 0.333. The van der Waals surface area contributed by atoms with Crippen LogP contribution < -0.4 is 11.2 Å². The van der Waals surface area contributed by atoms with E-state index in [0.29, 0.717) is 29.2 Å². The van der Waals surface area contributed by atoms with Crippen LogP contribution in [0, 0.1) is 0 Å². The number of esters is 1. The van der Waals surface area contributed by atoms with Gasteiger partial charge in [0.05, 0.1) is 6.33 Å². The van der Waals surface area contributed by atoms with E-state index in [1.165, 1.54) is 17.9 Å². The highest BCUT2D eigenvalue weighted by Crippen LogP contribution is 2.11. The summed E-state index contributed by atoms with van der Waals surface area (Å²) >= 11 is 5.81. The lowest BCUT2D eigenvalue weighted by Crippen LogP contribution is -2.37. The topological polar surface area (TPSA) is 88.1 Å². The number of imidazole rings is 1. The maximum atomic E-state index is 12.4. The Hall–Kier alpha value is -2.87. The number of hydrogen-bond acceptors (Lipinski definition) is 5. The molecule has 0 spiro atoms. The number of carbonyl (C=O) groups is 1. The van der Waals surface area contributed by atoms with Crippen molar-refractivity contribution < 1.29 is 9.53 Å². The van der Waals surface area contributed by atoms with Gasteiger partial charge in [-0.1, -0.05) is 23.7 Å². The summed E-state index contributed by atoms with van der Waals surface area (Å²) in [4.78, 5) is 40.3. The molecule has 142 valence electrons. The van der Waals surface area contributed by atoms with E-state index in [9.17, 15) is 14.4 Å². The molecule has 0 radical (unpaired) electrons. The lowest BCUT2D eigenvalue weighted by atomic mass is 10.2. The number of rotatable bonds is 6. The van der Waals surface area contributed by atoms with E-state index < -0.39 is 11.2 Å². The summed E-state index contributed by atoms with van der Waals surface area (Å²) < 4.78 is 9.26. The maximum absolute atomic E-state index is 12.4. The van der Waals surface area contributed by atoms with Gasteiger partial charge in [-0.15, -0.1) is 0 Å². The Morgan fingerprint density at radius 1 is 1.15 bits per heavy atom. The highest BCUT2D eigenvalue weighted by Gasteiger charge is 2.14. The molecule has 0 amide bonds. The molecule has 3 rings (SSSR count). The van der Waals surface area contributed by atoms with Crippen LogP contribution in [0.25, 0.3) is 11.2 Å². The molecule has 9 heteroatoms. The van der Waals surface area contributed by atoms with Gasteiger partial charge in [-0.3, -0.25) is 18.7 Å². The van der Waals surface area contributed by atoms with Crippen molar-refractivity contribution in [2.75, 3.05) is 0 Å². The summed E-state index contributed by atoms with van der Waals surface area (Å²) in [5, 5.41) is 0.626. The maximum Gasteiger partial charge on any atom is 0.332 e. The molecule has 0 saturated carbocycles. The molecule has 2 heterocycles. The van der Waals surface area contributed by atoms with Gasteiger partial charge in [0.25, 0.3) is 5.56 Å². The Morgan fingerprint density at radius 2 is 1.85 bits per heavy atom. The number of carbonyl (C=O) groups excluding carboxylic acids is 1. The molecule has 0 unspecified atom stereocenters. The van der Waals surface area contributed by atoms with Gasteiger partial charge >= 0.3 is 11.7 Å². The van der Waals surface area contributed by atoms with Gasteiger partial charge in [-0.05, 0) is 24.1 Å². The third-order valence-corrected chi connectivity index (χ3v) is 4.56. The van der Waals surface area contributed by atoms with Crippen LogP contribution in [-0.2, 0) is 36.8 Å². The Bertz CT molecular complexity index is 1100. The number of nitrogens with zero attached hydrogens (tertiary/aromatic N) is 4. The zero-order valence-corrected chi connectivity index (χ0v) is 15.8. The second-order valence-electron chi connectivity index (χ2n) is 6.21. The number of hydrogen-bond donors (Lipinski definition) is 0. The van der Waals surface area contributed by atoms with Crippen LogP contribution in [0.1, 0.15) is 18.4 Å². The highest BCUT2D eigenvalue weighted by molar-refractivity contribution is 6.30. The molecule has 1 aromatic carbocycles. The van der Waals surface area contributed by atoms with Gasteiger partial charge in [0, 0.05) is 32.1 Å². The lowest BCUT2D eigenvalue weighted by molar-refractivity contribution is -0.145. The fourth-order valence-electron chi connectivity index (χ4n) is 2.78. The fourth-order valence-corrected chi connectivity index (χ4v) is 2.90. The average molecular weight is 391 g/mol. The second kappa shape index (κ2) is 7.79. The number of ether oxygens (including phenoxy) is 1. The minimum atomic E-state index is -0.427. The number of aromatic nitrogens is 4. The van der Waals surface area contributed by atoms with Crippen molar-refractivity contribution in [1.82, 2.24) is 18.7 Å². The van der Waals surface area contributed by atoms with E-state index in [-0.39, 0.29) is 19.0 Å². The SMILES string of the molecule is Cn1c(=O)c2c(ncn2CCCC(=O)OCc2ccc(Cl)cc2)n(C)c1=O. The molecule has 0 saturated heterocycles. The first-order valence-corrected chi connectivity index (χ1v) is 8.77. The zero-order chi connectivity index (χ0) is 19.6. The van der Waals surface area contributed by atoms with Crippen LogP contribution in [0.2, 0.25) is 5.02 Å². The predicted octanol–water partition coefficient (Wildman–Crippen LogP) is 1.61. The first kappa shape index (κ1) is 18.9. The Morgan fingerprint density at radius 3 is 2.56 bits per heavy atom. The summed E-state index contributed by atoms with van der Waals surface area (Å²) in [6.07, 6.45) is 2.20. The van der Waals surface area contributed by atoms with Gasteiger partial charge in [-0.2, -0.15) is 0 Å².